The molecule has 3 N–H and O–H groups in total. The Balaban J connectivity index is 2.88. The number of nitrogens with one attached hydrogen (secondary N) is 3. The lowest BCUT2D eigenvalue weighted by atomic mass is 9.93. The van der Waals surface area contributed by atoms with Crippen LogP contribution in [0.4, 0.5) is 4.79 Å². The molecule has 1 amide bonds. The molecule has 8 heteroatoms. The van der Waals surface area contributed by atoms with Crippen LogP contribution in [0.5, 0.6) is 0 Å². The number of guanidine groups is 1. The summed E-state index contributed by atoms with van der Waals surface area (Å²) in [7, 11) is 1.94. The third-order valence-corrected chi connectivity index (χ3v) is 5.11. The summed E-state index contributed by atoms with van der Waals surface area (Å²) in [5, 5.41) is 14.2. The first-order valence-electron chi connectivity index (χ1n) is 10.5. The van der Waals surface area contributed by atoms with Crippen LogP contribution >= 0.6 is 0 Å². The maximum atomic E-state index is 12.3. The predicted octanol–water partition coefficient (Wildman–Crippen LogP) is 3.18. The lowest BCUT2D eigenvalue weighted by Crippen LogP contribution is -2.57. The van der Waals surface area contributed by atoms with Crippen LogP contribution in [-0.4, -0.2) is 46.1 Å². The maximum absolute atomic E-state index is 12.3. The quantitative estimate of drug-likeness (QED) is 0.454. The molecule has 0 aliphatic rings. The Bertz CT molecular complexity index is 699. The van der Waals surface area contributed by atoms with Crippen LogP contribution in [0.25, 0.3) is 0 Å². The Morgan fingerprint density at radius 3 is 2.21 bits per heavy atom. The molecule has 0 aliphatic heterocycles. The minimum Gasteiger partial charge on any atom is -0.444 e. The molecule has 0 atom stereocenters. The van der Waals surface area contributed by atoms with Gasteiger partial charge in [-0.15, -0.1) is 0 Å². The van der Waals surface area contributed by atoms with Crippen LogP contribution in [0.2, 0.25) is 0 Å². The number of hydrogen-bond acceptors (Lipinski definition) is 4. The fraction of sp³-hybridized carbons (Fsp3) is 0.762. The summed E-state index contributed by atoms with van der Waals surface area (Å²) < 4.78 is 7.33. The molecule has 8 nitrogen and oxygen atoms in total. The second-order valence-electron chi connectivity index (χ2n) is 8.44. The molecule has 0 saturated carbocycles. The highest BCUT2D eigenvalue weighted by Crippen LogP contribution is 2.17. The van der Waals surface area contributed by atoms with Crippen LogP contribution in [0.3, 0.4) is 0 Å². The summed E-state index contributed by atoms with van der Waals surface area (Å²) in [5.41, 5.74) is 2.30. The molecule has 0 fully saturated rings. The molecule has 0 bridgehead atoms. The Kier molecular flexibility index (Phi) is 8.98. The van der Waals surface area contributed by atoms with Crippen LogP contribution in [0.15, 0.2) is 4.99 Å². The molecule has 1 aromatic rings. The summed E-state index contributed by atoms with van der Waals surface area (Å²) in [6.45, 7) is 17.7. The van der Waals surface area contributed by atoms with Gasteiger partial charge in [-0.2, -0.15) is 5.10 Å². The van der Waals surface area contributed by atoms with Crippen LogP contribution in [-0.2, 0) is 18.3 Å². The van der Waals surface area contributed by atoms with E-state index in [1.54, 1.807) is 0 Å². The Hall–Kier alpha value is -2.25. The molecule has 0 spiro atoms. The van der Waals surface area contributed by atoms with Crippen LogP contribution in [0, 0.1) is 13.8 Å². The number of alkyl carbamates (subject to hydrolysis) is 1. The van der Waals surface area contributed by atoms with E-state index in [-0.39, 0.29) is 0 Å². The molecule has 0 aromatic carbocycles. The zero-order valence-electron chi connectivity index (χ0n) is 19.7. The van der Waals surface area contributed by atoms with E-state index < -0.39 is 17.2 Å². The lowest BCUT2D eigenvalue weighted by molar-refractivity contribution is 0.0448. The highest BCUT2D eigenvalue weighted by atomic mass is 16.6. The van der Waals surface area contributed by atoms with E-state index in [1.165, 1.54) is 0 Å². The molecule has 0 aliphatic carbocycles. The van der Waals surface area contributed by atoms with Crippen molar-refractivity contribution in [2.45, 2.75) is 85.9 Å². The zero-order chi connectivity index (χ0) is 22.2. The number of rotatable bonds is 8. The topological polar surface area (TPSA) is 92.6 Å². The molecular formula is C21H40N6O2. The second-order valence-corrected chi connectivity index (χ2v) is 8.44. The van der Waals surface area contributed by atoms with Gasteiger partial charge in [0.25, 0.3) is 0 Å². The first-order chi connectivity index (χ1) is 13.5. The first kappa shape index (κ1) is 24.8. The van der Waals surface area contributed by atoms with E-state index >= 15 is 0 Å². The Morgan fingerprint density at radius 1 is 1.14 bits per heavy atom. The highest BCUT2D eigenvalue weighted by molar-refractivity contribution is 5.80. The summed E-state index contributed by atoms with van der Waals surface area (Å²) in [4.78, 5) is 17.1. The van der Waals surface area contributed by atoms with Gasteiger partial charge in [0.15, 0.2) is 5.96 Å². The number of amides is 1. The summed E-state index contributed by atoms with van der Waals surface area (Å²) >= 11 is 0. The van der Waals surface area contributed by atoms with E-state index in [4.69, 9.17) is 9.73 Å². The average Bonchev–Trinajstić information content (AvgIpc) is 2.86. The molecular weight excluding hydrogens is 368 g/mol. The van der Waals surface area contributed by atoms with Gasteiger partial charge in [0.2, 0.25) is 0 Å². The van der Waals surface area contributed by atoms with E-state index in [1.807, 2.05) is 46.3 Å². The SMILES string of the molecule is CCNC(=NCc1c(C)nn(C)c1C)NCC(CC)(CC)NC(=O)OC(C)(C)C. The smallest absolute Gasteiger partial charge is 0.408 e. The van der Waals surface area contributed by atoms with Crippen molar-refractivity contribution in [2.24, 2.45) is 12.0 Å². The normalized spacial score (nSPS) is 12.7. The molecule has 29 heavy (non-hydrogen) atoms. The average molecular weight is 409 g/mol. The lowest BCUT2D eigenvalue weighted by Gasteiger charge is -2.34. The fourth-order valence-electron chi connectivity index (χ4n) is 3.04. The number of aromatic nitrogens is 2. The molecule has 166 valence electrons. The number of ether oxygens (including phenoxy) is 1. The van der Waals surface area contributed by atoms with Crippen LogP contribution < -0.4 is 16.0 Å². The van der Waals surface area contributed by atoms with E-state index in [9.17, 15) is 4.79 Å². The number of carbonyl (C=O) groups is 1. The van der Waals surface area contributed by atoms with Gasteiger partial charge in [0.05, 0.1) is 17.8 Å². The third-order valence-electron chi connectivity index (χ3n) is 5.11. The third kappa shape index (κ3) is 7.59. The number of nitrogens with zero attached hydrogens (tertiary/aromatic N) is 3. The summed E-state index contributed by atoms with van der Waals surface area (Å²) in [6.07, 6.45) is 1.15. The largest absolute Gasteiger partial charge is 0.444 e. The molecule has 1 heterocycles. The second kappa shape index (κ2) is 10.5. The van der Waals surface area contributed by atoms with Crippen molar-refractivity contribution in [3.8, 4) is 0 Å². The molecule has 0 unspecified atom stereocenters. The molecule has 1 aromatic heterocycles. The van der Waals surface area contributed by atoms with Crippen molar-refractivity contribution < 1.29 is 9.53 Å². The van der Waals surface area contributed by atoms with Crippen molar-refractivity contribution in [1.82, 2.24) is 25.7 Å². The van der Waals surface area contributed by atoms with Gasteiger partial charge in [-0.1, -0.05) is 13.8 Å². The molecule has 1 rings (SSSR count). The number of aryl methyl sites for hydroxylation is 2. The van der Waals surface area contributed by atoms with E-state index in [0.717, 1.165) is 36.3 Å². The number of hydrogen-bond donors (Lipinski definition) is 3. The predicted molar refractivity (Wildman–Crippen MR) is 118 cm³/mol. The minimum absolute atomic E-state index is 0.397. The van der Waals surface area contributed by atoms with Crippen molar-refractivity contribution in [2.75, 3.05) is 13.1 Å². The van der Waals surface area contributed by atoms with Gasteiger partial charge in [-0.05, 0) is 54.4 Å². The monoisotopic (exact) mass is 408 g/mol. The van der Waals surface area contributed by atoms with Gasteiger partial charge < -0.3 is 20.7 Å². The van der Waals surface area contributed by atoms with Crippen LogP contribution in [0.1, 0.15) is 71.3 Å². The Labute approximate surface area is 175 Å². The summed E-state index contributed by atoms with van der Waals surface area (Å²) in [5.74, 6) is 0.715. The van der Waals surface area contributed by atoms with Crippen molar-refractivity contribution in [3.05, 3.63) is 17.0 Å². The fourth-order valence-corrected chi connectivity index (χ4v) is 3.04. The maximum Gasteiger partial charge on any atom is 0.408 e. The minimum atomic E-state index is -0.527. The van der Waals surface area contributed by atoms with E-state index in [2.05, 4.69) is 41.8 Å². The van der Waals surface area contributed by atoms with Crippen molar-refractivity contribution >= 4 is 12.1 Å². The van der Waals surface area contributed by atoms with Crippen molar-refractivity contribution in [1.29, 1.82) is 0 Å². The highest BCUT2D eigenvalue weighted by Gasteiger charge is 2.30. The van der Waals surface area contributed by atoms with Gasteiger partial charge in [-0.3, -0.25) is 4.68 Å². The Morgan fingerprint density at radius 2 is 1.76 bits per heavy atom. The van der Waals surface area contributed by atoms with Gasteiger partial charge in [0, 0.05) is 31.4 Å². The van der Waals surface area contributed by atoms with Gasteiger partial charge >= 0.3 is 6.09 Å². The molecule has 0 saturated heterocycles. The molecule has 0 radical (unpaired) electrons. The number of aliphatic imine (C=N–C) groups is 1. The standard InChI is InChI=1S/C21H40N6O2/c1-10-21(11-2,25-19(28)29-20(6,7)8)14-24-18(22-12-3)23-13-17-15(4)26-27(9)16(17)5/h10-14H2,1-9H3,(H,25,28)(H2,22,23,24). The number of carbonyl (C=O) groups excluding carboxylic acids is 1. The van der Waals surface area contributed by atoms with Crippen molar-refractivity contribution in [3.63, 3.8) is 0 Å². The van der Waals surface area contributed by atoms with E-state index in [0.29, 0.717) is 19.0 Å². The first-order valence-corrected chi connectivity index (χ1v) is 10.5. The van der Waals surface area contributed by atoms with Gasteiger partial charge in [-0.25, -0.2) is 9.79 Å². The van der Waals surface area contributed by atoms with Gasteiger partial charge in [0.1, 0.15) is 5.60 Å². The summed E-state index contributed by atoms with van der Waals surface area (Å²) in [6, 6.07) is 0. The zero-order valence-corrected chi connectivity index (χ0v) is 19.7.